The summed E-state index contributed by atoms with van der Waals surface area (Å²) in [6, 6.07) is 0.312. The molecule has 1 aliphatic heterocycles. The first-order chi connectivity index (χ1) is 8.11. The highest BCUT2D eigenvalue weighted by molar-refractivity contribution is 6.17. The van der Waals surface area contributed by atoms with E-state index in [-0.39, 0.29) is 6.10 Å². The summed E-state index contributed by atoms with van der Waals surface area (Å²) in [6.45, 7) is 7.72. The zero-order valence-corrected chi connectivity index (χ0v) is 11.2. The molecule has 0 spiro atoms. The van der Waals surface area contributed by atoms with Gasteiger partial charge in [0, 0.05) is 24.0 Å². The maximum atomic E-state index is 5.81. The van der Waals surface area contributed by atoms with Gasteiger partial charge in [0.25, 0.3) is 0 Å². The smallest absolute Gasteiger partial charge is 0.225 e. The van der Waals surface area contributed by atoms with Crippen molar-refractivity contribution >= 4 is 17.5 Å². The summed E-state index contributed by atoms with van der Waals surface area (Å²) < 4.78 is 5.60. The Morgan fingerprint density at radius 2 is 2.29 bits per heavy atom. The number of halogens is 1. The number of aromatic nitrogens is 2. The highest BCUT2D eigenvalue weighted by Crippen LogP contribution is 2.19. The number of nitrogens with zero attached hydrogens (tertiary/aromatic N) is 3. The first-order valence-electron chi connectivity index (χ1n) is 5.88. The van der Waals surface area contributed by atoms with E-state index in [0.29, 0.717) is 11.9 Å². The molecule has 1 aliphatic rings. The number of hydrogen-bond donors (Lipinski definition) is 0. The molecule has 2 rings (SSSR count). The van der Waals surface area contributed by atoms with Gasteiger partial charge in [0.05, 0.1) is 24.6 Å². The summed E-state index contributed by atoms with van der Waals surface area (Å²) in [7, 11) is 0. The minimum Gasteiger partial charge on any atom is -0.375 e. The minimum absolute atomic E-state index is 0.225. The standard InChI is InChI=1S/C12H18ClN3O/c1-8-7-17-9(2)6-16(8)12-14-5-11(4-13)10(3)15-12/h5,8-9H,4,6-7H2,1-3H3. The van der Waals surface area contributed by atoms with Crippen LogP contribution in [0.25, 0.3) is 0 Å². The van der Waals surface area contributed by atoms with Gasteiger partial charge in [0.15, 0.2) is 0 Å². The average Bonchev–Trinajstić information content (AvgIpc) is 2.32. The van der Waals surface area contributed by atoms with Crippen LogP contribution in [-0.2, 0) is 10.6 Å². The van der Waals surface area contributed by atoms with Crippen molar-refractivity contribution in [2.45, 2.75) is 38.8 Å². The van der Waals surface area contributed by atoms with E-state index in [4.69, 9.17) is 16.3 Å². The molecule has 2 heterocycles. The second-order valence-corrected chi connectivity index (χ2v) is 4.83. The molecular weight excluding hydrogens is 238 g/mol. The minimum atomic E-state index is 0.225. The quantitative estimate of drug-likeness (QED) is 0.759. The Labute approximate surface area is 107 Å². The van der Waals surface area contributed by atoms with E-state index in [1.807, 2.05) is 13.1 Å². The van der Waals surface area contributed by atoms with E-state index in [1.165, 1.54) is 0 Å². The van der Waals surface area contributed by atoms with Crippen LogP contribution in [0.3, 0.4) is 0 Å². The first-order valence-corrected chi connectivity index (χ1v) is 6.42. The third-order valence-corrected chi connectivity index (χ3v) is 3.36. The Kier molecular flexibility index (Phi) is 3.84. The van der Waals surface area contributed by atoms with E-state index < -0.39 is 0 Å². The highest BCUT2D eigenvalue weighted by Gasteiger charge is 2.25. The van der Waals surface area contributed by atoms with Crippen molar-refractivity contribution in [3.05, 3.63) is 17.5 Å². The predicted octanol–water partition coefficient (Wildman–Crippen LogP) is 2.14. The van der Waals surface area contributed by atoms with Crippen molar-refractivity contribution in [2.24, 2.45) is 0 Å². The van der Waals surface area contributed by atoms with E-state index in [2.05, 4.69) is 28.7 Å². The van der Waals surface area contributed by atoms with Crippen LogP contribution in [0.4, 0.5) is 5.95 Å². The number of morpholine rings is 1. The Hall–Kier alpha value is -0.870. The average molecular weight is 256 g/mol. The molecule has 0 saturated carbocycles. The Bertz CT molecular complexity index is 399. The van der Waals surface area contributed by atoms with Crippen LogP contribution >= 0.6 is 11.6 Å². The Balaban J connectivity index is 2.23. The molecule has 94 valence electrons. The van der Waals surface area contributed by atoms with Gasteiger partial charge >= 0.3 is 0 Å². The molecule has 0 amide bonds. The Morgan fingerprint density at radius 3 is 2.94 bits per heavy atom. The summed E-state index contributed by atoms with van der Waals surface area (Å²) in [5, 5.41) is 0. The van der Waals surface area contributed by atoms with Crippen molar-refractivity contribution < 1.29 is 4.74 Å². The number of aryl methyl sites for hydroxylation is 1. The van der Waals surface area contributed by atoms with Gasteiger partial charge in [-0.1, -0.05) is 0 Å². The fourth-order valence-corrected chi connectivity index (χ4v) is 2.19. The number of alkyl halides is 1. The molecule has 17 heavy (non-hydrogen) atoms. The summed E-state index contributed by atoms with van der Waals surface area (Å²) in [4.78, 5) is 11.1. The van der Waals surface area contributed by atoms with Crippen LogP contribution in [-0.4, -0.2) is 35.3 Å². The van der Waals surface area contributed by atoms with Gasteiger partial charge in [-0.05, 0) is 20.8 Å². The first kappa shape index (κ1) is 12.6. The van der Waals surface area contributed by atoms with Crippen molar-refractivity contribution in [1.29, 1.82) is 0 Å². The fraction of sp³-hybridized carbons (Fsp3) is 0.667. The van der Waals surface area contributed by atoms with Gasteiger partial charge < -0.3 is 9.64 Å². The SMILES string of the molecule is Cc1nc(N2CC(C)OCC2C)ncc1CCl. The molecule has 1 fully saturated rings. The van der Waals surface area contributed by atoms with Gasteiger partial charge in [0.1, 0.15) is 0 Å². The highest BCUT2D eigenvalue weighted by atomic mass is 35.5. The molecule has 5 heteroatoms. The van der Waals surface area contributed by atoms with Crippen molar-refractivity contribution in [1.82, 2.24) is 9.97 Å². The summed E-state index contributed by atoms with van der Waals surface area (Å²) in [6.07, 6.45) is 2.04. The molecule has 0 radical (unpaired) electrons. The Morgan fingerprint density at radius 1 is 1.53 bits per heavy atom. The molecule has 1 aromatic rings. The van der Waals surface area contributed by atoms with Crippen LogP contribution in [0.2, 0.25) is 0 Å². The van der Waals surface area contributed by atoms with Crippen LogP contribution in [0, 0.1) is 6.92 Å². The van der Waals surface area contributed by atoms with E-state index in [9.17, 15) is 0 Å². The molecular formula is C12H18ClN3O. The van der Waals surface area contributed by atoms with Crippen LogP contribution in [0.15, 0.2) is 6.20 Å². The number of anilines is 1. The van der Waals surface area contributed by atoms with Gasteiger partial charge in [0.2, 0.25) is 5.95 Å². The third kappa shape index (κ3) is 2.69. The molecule has 0 bridgehead atoms. The van der Waals surface area contributed by atoms with Crippen LogP contribution in [0.5, 0.6) is 0 Å². The van der Waals surface area contributed by atoms with Crippen molar-refractivity contribution in [3.63, 3.8) is 0 Å². The number of ether oxygens (including phenoxy) is 1. The molecule has 1 aromatic heterocycles. The van der Waals surface area contributed by atoms with Gasteiger partial charge in [-0.15, -0.1) is 11.6 Å². The largest absolute Gasteiger partial charge is 0.375 e. The van der Waals surface area contributed by atoms with Gasteiger partial charge in [-0.25, -0.2) is 9.97 Å². The third-order valence-electron chi connectivity index (χ3n) is 3.08. The van der Waals surface area contributed by atoms with Crippen LogP contribution in [0.1, 0.15) is 25.1 Å². The van der Waals surface area contributed by atoms with E-state index in [0.717, 1.165) is 30.4 Å². The second kappa shape index (κ2) is 5.19. The van der Waals surface area contributed by atoms with Crippen LogP contribution < -0.4 is 4.90 Å². The number of hydrogen-bond acceptors (Lipinski definition) is 4. The lowest BCUT2D eigenvalue weighted by atomic mass is 10.2. The molecule has 0 aliphatic carbocycles. The fourth-order valence-electron chi connectivity index (χ4n) is 1.93. The lowest BCUT2D eigenvalue weighted by Crippen LogP contribution is -2.48. The molecule has 4 nitrogen and oxygen atoms in total. The molecule has 2 atom stereocenters. The van der Waals surface area contributed by atoms with Gasteiger partial charge in [-0.3, -0.25) is 0 Å². The zero-order chi connectivity index (χ0) is 12.4. The number of rotatable bonds is 2. The molecule has 2 unspecified atom stereocenters. The maximum absolute atomic E-state index is 5.81. The predicted molar refractivity (Wildman–Crippen MR) is 68.5 cm³/mol. The van der Waals surface area contributed by atoms with E-state index >= 15 is 0 Å². The monoisotopic (exact) mass is 255 g/mol. The zero-order valence-electron chi connectivity index (χ0n) is 10.5. The topological polar surface area (TPSA) is 38.2 Å². The van der Waals surface area contributed by atoms with Crippen molar-refractivity contribution in [2.75, 3.05) is 18.1 Å². The van der Waals surface area contributed by atoms with Crippen molar-refractivity contribution in [3.8, 4) is 0 Å². The van der Waals surface area contributed by atoms with E-state index in [1.54, 1.807) is 0 Å². The molecule has 0 aromatic carbocycles. The normalized spacial score (nSPS) is 25.1. The molecule has 1 saturated heterocycles. The lowest BCUT2D eigenvalue weighted by molar-refractivity contribution is 0.0337. The summed E-state index contributed by atoms with van der Waals surface area (Å²) >= 11 is 5.81. The molecule has 0 N–H and O–H groups in total. The summed E-state index contributed by atoms with van der Waals surface area (Å²) in [5.41, 5.74) is 1.95. The second-order valence-electron chi connectivity index (χ2n) is 4.56. The lowest BCUT2D eigenvalue weighted by Gasteiger charge is -2.36. The maximum Gasteiger partial charge on any atom is 0.225 e. The van der Waals surface area contributed by atoms with Gasteiger partial charge in [-0.2, -0.15) is 0 Å². The summed E-state index contributed by atoms with van der Waals surface area (Å²) in [5.74, 6) is 1.24.